The highest BCUT2D eigenvalue weighted by Gasteiger charge is 2.28. The highest BCUT2D eigenvalue weighted by atomic mass is 16.4. The van der Waals surface area contributed by atoms with Crippen LogP contribution in [0.15, 0.2) is 53.6 Å². The molecular formula is C18H16N2O4. The van der Waals surface area contributed by atoms with Crippen molar-refractivity contribution in [3.05, 3.63) is 65.2 Å². The molecule has 24 heavy (non-hydrogen) atoms. The summed E-state index contributed by atoms with van der Waals surface area (Å²) in [6, 6.07) is 13.7. The Morgan fingerprint density at radius 2 is 1.62 bits per heavy atom. The topological polar surface area (TPSA) is 90.2 Å². The quantitative estimate of drug-likeness (QED) is 0.899. The monoisotopic (exact) mass is 324 g/mol. The molecule has 0 amide bonds. The average Bonchev–Trinajstić information content (AvgIpc) is 2.97. The van der Waals surface area contributed by atoms with E-state index in [2.05, 4.69) is 5.10 Å². The van der Waals surface area contributed by atoms with Crippen molar-refractivity contribution < 1.29 is 19.8 Å². The van der Waals surface area contributed by atoms with Crippen LogP contribution in [0.3, 0.4) is 0 Å². The Morgan fingerprint density at radius 3 is 2.17 bits per heavy atom. The summed E-state index contributed by atoms with van der Waals surface area (Å²) in [5, 5.41) is 24.7. The SMILES string of the molecule is CC1=NN(c2cc(C(=O)O)cc(C(=O)O)c2)C(c2ccccc2)C1. The van der Waals surface area contributed by atoms with Gasteiger partial charge < -0.3 is 10.2 Å². The number of rotatable bonds is 4. The second kappa shape index (κ2) is 6.16. The first-order valence-corrected chi connectivity index (χ1v) is 7.45. The summed E-state index contributed by atoms with van der Waals surface area (Å²) in [7, 11) is 0. The van der Waals surface area contributed by atoms with Crippen molar-refractivity contribution in [2.24, 2.45) is 5.10 Å². The number of hydrogen-bond donors (Lipinski definition) is 2. The smallest absolute Gasteiger partial charge is 0.335 e. The lowest BCUT2D eigenvalue weighted by Crippen LogP contribution is -2.19. The molecule has 0 bridgehead atoms. The number of hydrazone groups is 1. The number of carboxylic acid groups (broad SMARTS) is 2. The standard InChI is InChI=1S/C18H16N2O4/c1-11-7-16(12-5-3-2-4-6-12)20(19-11)15-9-13(17(21)22)8-14(10-15)18(23)24/h2-6,8-10,16H,7H2,1H3,(H,21,22)(H,23,24). The summed E-state index contributed by atoms with van der Waals surface area (Å²) in [5.74, 6) is -2.34. The number of anilines is 1. The fourth-order valence-corrected chi connectivity index (χ4v) is 2.82. The molecule has 2 N–H and O–H groups in total. The molecule has 122 valence electrons. The molecule has 1 aliphatic rings. The lowest BCUT2D eigenvalue weighted by atomic mass is 10.0. The van der Waals surface area contributed by atoms with Crippen LogP contribution >= 0.6 is 0 Å². The van der Waals surface area contributed by atoms with Crippen LogP contribution in [0.4, 0.5) is 5.69 Å². The summed E-state index contributed by atoms with van der Waals surface area (Å²) in [6.07, 6.45) is 0.698. The third-order valence-corrected chi connectivity index (χ3v) is 3.92. The Hall–Kier alpha value is -3.15. The van der Waals surface area contributed by atoms with Gasteiger partial charge in [0.25, 0.3) is 0 Å². The summed E-state index contributed by atoms with van der Waals surface area (Å²) in [4.78, 5) is 22.6. The fraction of sp³-hybridized carbons (Fsp3) is 0.167. The van der Waals surface area contributed by atoms with Crippen molar-refractivity contribution in [2.75, 3.05) is 5.01 Å². The molecule has 0 saturated carbocycles. The van der Waals surface area contributed by atoms with Gasteiger partial charge in [0.2, 0.25) is 0 Å². The van der Waals surface area contributed by atoms with E-state index in [9.17, 15) is 19.8 Å². The van der Waals surface area contributed by atoms with Crippen LogP contribution in [-0.2, 0) is 0 Å². The largest absolute Gasteiger partial charge is 0.478 e. The van der Waals surface area contributed by atoms with Crippen LogP contribution in [-0.4, -0.2) is 27.9 Å². The molecule has 0 fully saturated rings. The maximum atomic E-state index is 11.3. The molecule has 0 aliphatic carbocycles. The first kappa shape index (κ1) is 15.7. The van der Waals surface area contributed by atoms with Gasteiger partial charge in [-0.2, -0.15) is 5.10 Å². The predicted octanol–water partition coefficient (Wildman–Crippen LogP) is 3.41. The molecule has 1 heterocycles. The highest BCUT2D eigenvalue weighted by Crippen LogP contribution is 2.36. The molecule has 6 nitrogen and oxygen atoms in total. The minimum absolute atomic E-state index is 0.0727. The van der Waals surface area contributed by atoms with E-state index < -0.39 is 11.9 Å². The Balaban J connectivity index is 2.08. The third kappa shape index (κ3) is 2.99. The van der Waals surface area contributed by atoms with E-state index in [0.717, 1.165) is 17.3 Å². The van der Waals surface area contributed by atoms with Crippen LogP contribution in [0.25, 0.3) is 0 Å². The molecule has 1 aliphatic heterocycles. The van der Waals surface area contributed by atoms with Gasteiger partial charge in [0.1, 0.15) is 0 Å². The number of hydrogen-bond acceptors (Lipinski definition) is 4. The van der Waals surface area contributed by atoms with Gasteiger partial charge in [-0.15, -0.1) is 0 Å². The number of carbonyl (C=O) groups is 2. The third-order valence-electron chi connectivity index (χ3n) is 3.92. The minimum Gasteiger partial charge on any atom is -0.478 e. The number of aromatic carboxylic acids is 2. The van der Waals surface area contributed by atoms with Crippen molar-refractivity contribution in [1.82, 2.24) is 0 Å². The molecule has 0 saturated heterocycles. The molecular weight excluding hydrogens is 308 g/mol. The Morgan fingerprint density at radius 1 is 1.04 bits per heavy atom. The molecule has 1 atom stereocenters. The zero-order valence-corrected chi connectivity index (χ0v) is 13.0. The van der Waals surface area contributed by atoms with E-state index in [-0.39, 0.29) is 17.2 Å². The molecule has 0 aromatic heterocycles. The van der Waals surface area contributed by atoms with E-state index >= 15 is 0 Å². The van der Waals surface area contributed by atoms with Crippen LogP contribution in [0.2, 0.25) is 0 Å². The summed E-state index contributed by atoms with van der Waals surface area (Å²) in [6.45, 7) is 1.90. The zero-order valence-electron chi connectivity index (χ0n) is 13.0. The normalized spacial score (nSPS) is 16.8. The van der Waals surface area contributed by atoms with Crippen molar-refractivity contribution in [2.45, 2.75) is 19.4 Å². The highest BCUT2D eigenvalue weighted by molar-refractivity contribution is 5.96. The zero-order chi connectivity index (χ0) is 17.3. The maximum Gasteiger partial charge on any atom is 0.335 e. The molecule has 3 rings (SSSR count). The van der Waals surface area contributed by atoms with Gasteiger partial charge in [0.15, 0.2) is 0 Å². The number of nitrogens with zero attached hydrogens (tertiary/aromatic N) is 2. The van der Waals surface area contributed by atoms with Crippen molar-refractivity contribution in [3.8, 4) is 0 Å². The Labute approximate surface area is 138 Å². The Kier molecular flexibility index (Phi) is 4.04. The van der Waals surface area contributed by atoms with Gasteiger partial charge in [-0.1, -0.05) is 30.3 Å². The van der Waals surface area contributed by atoms with Gasteiger partial charge in [0, 0.05) is 12.1 Å². The Bertz CT molecular complexity index is 798. The van der Waals surface area contributed by atoms with Crippen LogP contribution < -0.4 is 5.01 Å². The molecule has 2 aromatic carbocycles. The second-order valence-corrected chi connectivity index (χ2v) is 5.69. The molecule has 2 aromatic rings. The molecule has 1 unspecified atom stereocenters. The maximum absolute atomic E-state index is 11.3. The first-order valence-electron chi connectivity index (χ1n) is 7.45. The second-order valence-electron chi connectivity index (χ2n) is 5.69. The fourth-order valence-electron chi connectivity index (χ4n) is 2.82. The summed E-state index contributed by atoms with van der Waals surface area (Å²) in [5.41, 5.74) is 2.25. The van der Waals surface area contributed by atoms with Crippen LogP contribution in [0.1, 0.15) is 45.7 Å². The average molecular weight is 324 g/mol. The molecule has 6 heteroatoms. The number of benzene rings is 2. The van der Waals surface area contributed by atoms with Gasteiger partial charge in [-0.25, -0.2) is 9.59 Å². The van der Waals surface area contributed by atoms with Gasteiger partial charge >= 0.3 is 11.9 Å². The summed E-state index contributed by atoms with van der Waals surface area (Å²) < 4.78 is 0. The van der Waals surface area contributed by atoms with E-state index in [1.165, 1.54) is 12.1 Å². The first-order chi connectivity index (χ1) is 11.5. The van der Waals surface area contributed by atoms with E-state index in [4.69, 9.17) is 0 Å². The van der Waals surface area contributed by atoms with Gasteiger partial charge in [-0.05, 0) is 30.7 Å². The summed E-state index contributed by atoms with van der Waals surface area (Å²) >= 11 is 0. The van der Waals surface area contributed by atoms with Crippen LogP contribution in [0.5, 0.6) is 0 Å². The van der Waals surface area contributed by atoms with Crippen molar-refractivity contribution >= 4 is 23.3 Å². The van der Waals surface area contributed by atoms with Crippen LogP contribution in [0, 0.1) is 0 Å². The predicted molar refractivity (Wildman–Crippen MR) is 89.7 cm³/mol. The van der Waals surface area contributed by atoms with E-state index in [1.54, 1.807) is 5.01 Å². The van der Waals surface area contributed by atoms with Crippen molar-refractivity contribution in [1.29, 1.82) is 0 Å². The van der Waals surface area contributed by atoms with E-state index in [0.29, 0.717) is 12.1 Å². The van der Waals surface area contributed by atoms with E-state index in [1.807, 2.05) is 37.3 Å². The van der Waals surface area contributed by atoms with Gasteiger partial charge in [-0.3, -0.25) is 5.01 Å². The van der Waals surface area contributed by atoms with Crippen molar-refractivity contribution in [3.63, 3.8) is 0 Å². The molecule has 0 spiro atoms. The minimum atomic E-state index is -1.17. The number of carboxylic acids is 2. The molecule has 0 radical (unpaired) electrons. The lowest BCUT2D eigenvalue weighted by molar-refractivity contribution is 0.0696. The lowest BCUT2D eigenvalue weighted by Gasteiger charge is -2.24. The van der Waals surface area contributed by atoms with Gasteiger partial charge in [0.05, 0.1) is 22.9 Å².